The molecule has 22 heavy (non-hydrogen) atoms. The SMILES string of the molecule is O=c1[nH]c2ccccc2n1C1CCN(CC2CCCN2)CC1. The first-order valence-corrected chi connectivity index (χ1v) is 8.46. The summed E-state index contributed by atoms with van der Waals surface area (Å²) in [6, 6.07) is 9.01. The number of nitrogens with one attached hydrogen (secondary N) is 2. The van der Waals surface area contributed by atoms with Crippen molar-refractivity contribution in [2.75, 3.05) is 26.2 Å². The highest BCUT2D eigenvalue weighted by atomic mass is 16.1. The second-order valence-electron chi connectivity index (χ2n) is 6.64. The van der Waals surface area contributed by atoms with Crippen molar-refractivity contribution in [1.29, 1.82) is 0 Å². The summed E-state index contributed by atoms with van der Waals surface area (Å²) in [5.41, 5.74) is 2.03. The zero-order valence-corrected chi connectivity index (χ0v) is 12.9. The molecule has 2 aliphatic heterocycles. The van der Waals surface area contributed by atoms with Crippen LogP contribution in [0.15, 0.2) is 29.1 Å². The number of H-pyrrole nitrogens is 1. The number of piperidine rings is 1. The van der Waals surface area contributed by atoms with E-state index in [4.69, 9.17) is 0 Å². The summed E-state index contributed by atoms with van der Waals surface area (Å²) >= 11 is 0. The van der Waals surface area contributed by atoms with E-state index in [1.807, 2.05) is 28.8 Å². The quantitative estimate of drug-likeness (QED) is 0.907. The van der Waals surface area contributed by atoms with Gasteiger partial charge in [0, 0.05) is 31.7 Å². The number of hydrogen-bond acceptors (Lipinski definition) is 3. The van der Waals surface area contributed by atoms with Crippen LogP contribution in [0, 0.1) is 0 Å². The molecule has 118 valence electrons. The molecule has 4 rings (SSSR count). The molecule has 0 saturated carbocycles. The molecule has 2 N–H and O–H groups in total. The number of aromatic nitrogens is 2. The maximum atomic E-state index is 12.3. The van der Waals surface area contributed by atoms with Crippen LogP contribution in [-0.2, 0) is 0 Å². The number of nitrogens with zero attached hydrogens (tertiary/aromatic N) is 2. The van der Waals surface area contributed by atoms with E-state index in [2.05, 4.69) is 15.2 Å². The molecule has 0 amide bonds. The van der Waals surface area contributed by atoms with Crippen LogP contribution in [0.3, 0.4) is 0 Å². The Bertz CT molecular complexity index is 690. The van der Waals surface area contributed by atoms with Gasteiger partial charge in [-0.05, 0) is 44.4 Å². The lowest BCUT2D eigenvalue weighted by Crippen LogP contribution is -2.43. The van der Waals surface area contributed by atoms with Crippen molar-refractivity contribution in [1.82, 2.24) is 19.8 Å². The number of fused-ring (bicyclic) bond motifs is 1. The monoisotopic (exact) mass is 300 g/mol. The van der Waals surface area contributed by atoms with Gasteiger partial charge in [-0.25, -0.2) is 4.79 Å². The standard InChI is InChI=1S/C17H24N4O/c22-17-19-15-5-1-2-6-16(15)21(17)14-7-10-20(11-8-14)12-13-4-3-9-18-13/h1-2,5-6,13-14,18H,3-4,7-12H2,(H,19,22). The summed E-state index contributed by atoms with van der Waals surface area (Å²) in [6.45, 7) is 4.52. The van der Waals surface area contributed by atoms with Crippen molar-refractivity contribution < 1.29 is 0 Å². The van der Waals surface area contributed by atoms with E-state index in [0.717, 1.165) is 43.5 Å². The van der Waals surface area contributed by atoms with Crippen LogP contribution in [-0.4, -0.2) is 46.7 Å². The number of para-hydroxylation sites is 2. The molecule has 1 unspecified atom stereocenters. The lowest BCUT2D eigenvalue weighted by Gasteiger charge is -2.34. The van der Waals surface area contributed by atoms with Crippen LogP contribution in [0.5, 0.6) is 0 Å². The smallest absolute Gasteiger partial charge is 0.313 e. The van der Waals surface area contributed by atoms with Crippen LogP contribution in [0.2, 0.25) is 0 Å². The molecule has 0 spiro atoms. The van der Waals surface area contributed by atoms with Crippen molar-refractivity contribution in [2.45, 2.75) is 37.8 Å². The fraction of sp³-hybridized carbons (Fsp3) is 0.588. The molecule has 5 heteroatoms. The normalized spacial score (nSPS) is 24.3. The zero-order chi connectivity index (χ0) is 14.9. The van der Waals surface area contributed by atoms with E-state index in [1.165, 1.54) is 19.4 Å². The van der Waals surface area contributed by atoms with E-state index >= 15 is 0 Å². The van der Waals surface area contributed by atoms with Gasteiger partial charge in [-0.3, -0.25) is 4.57 Å². The summed E-state index contributed by atoms with van der Waals surface area (Å²) in [5, 5.41) is 3.57. The van der Waals surface area contributed by atoms with Crippen LogP contribution in [0.25, 0.3) is 11.0 Å². The van der Waals surface area contributed by atoms with Gasteiger partial charge in [-0.15, -0.1) is 0 Å². The Morgan fingerprint density at radius 1 is 1.14 bits per heavy atom. The third-order valence-corrected chi connectivity index (χ3v) is 5.19. The number of hydrogen-bond donors (Lipinski definition) is 2. The van der Waals surface area contributed by atoms with E-state index in [1.54, 1.807) is 0 Å². The summed E-state index contributed by atoms with van der Waals surface area (Å²) in [6.07, 6.45) is 4.75. The summed E-state index contributed by atoms with van der Waals surface area (Å²) in [4.78, 5) is 17.8. The Balaban J connectivity index is 1.46. The first-order chi connectivity index (χ1) is 10.8. The molecule has 0 bridgehead atoms. The number of aromatic amines is 1. The van der Waals surface area contributed by atoms with Gasteiger partial charge in [0.25, 0.3) is 0 Å². The maximum Gasteiger partial charge on any atom is 0.326 e. The average molecular weight is 300 g/mol. The van der Waals surface area contributed by atoms with E-state index in [0.29, 0.717) is 12.1 Å². The molecule has 5 nitrogen and oxygen atoms in total. The second kappa shape index (κ2) is 5.89. The van der Waals surface area contributed by atoms with Gasteiger partial charge in [0.05, 0.1) is 11.0 Å². The van der Waals surface area contributed by atoms with Crippen LogP contribution >= 0.6 is 0 Å². The van der Waals surface area contributed by atoms with Gasteiger partial charge in [0.2, 0.25) is 0 Å². The lowest BCUT2D eigenvalue weighted by atomic mass is 10.0. The molecule has 0 radical (unpaired) electrons. The van der Waals surface area contributed by atoms with E-state index in [9.17, 15) is 4.79 Å². The first kappa shape index (κ1) is 14.0. The van der Waals surface area contributed by atoms with Crippen molar-refractivity contribution in [3.05, 3.63) is 34.7 Å². The van der Waals surface area contributed by atoms with Crippen molar-refractivity contribution in [2.24, 2.45) is 0 Å². The van der Waals surface area contributed by atoms with Crippen molar-refractivity contribution in [3.63, 3.8) is 0 Å². The predicted molar refractivity (Wildman–Crippen MR) is 88.3 cm³/mol. The molecule has 1 aromatic carbocycles. The Morgan fingerprint density at radius 2 is 1.95 bits per heavy atom. The minimum absolute atomic E-state index is 0.0390. The highest BCUT2D eigenvalue weighted by molar-refractivity contribution is 5.75. The highest BCUT2D eigenvalue weighted by Crippen LogP contribution is 2.25. The van der Waals surface area contributed by atoms with E-state index < -0.39 is 0 Å². The molecule has 3 heterocycles. The highest BCUT2D eigenvalue weighted by Gasteiger charge is 2.25. The molecular formula is C17H24N4O. The van der Waals surface area contributed by atoms with Gasteiger partial charge in [-0.2, -0.15) is 0 Å². The maximum absolute atomic E-state index is 12.3. The second-order valence-corrected chi connectivity index (χ2v) is 6.64. The zero-order valence-electron chi connectivity index (χ0n) is 12.9. The number of likely N-dealkylation sites (tertiary alicyclic amines) is 1. The van der Waals surface area contributed by atoms with E-state index in [-0.39, 0.29) is 5.69 Å². The van der Waals surface area contributed by atoms with Gasteiger partial charge in [0.1, 0.15) is 0 Å². The van der Waals surface area contributed by atoms with Crippen molar-refractivity contribution >= 4 is 11.0 Å². The minimum Gasteiger partial charge on any atom is -0.313 e. The number of benzene rings is 1. The van der Waals surface area contributed by atoms with Gasteiger partial charge in [0.15, 0.2) is 0 Å². The molecule has 2 aromatic rings. The molecule has 2 aliphatic rings. The molecule has 0 aliphatic carbocycles. The van der Waals surface area contributed by atoms with Gasteiger partial charge in [-0.1, -0.05) is 12.1 Å². The summed E-state index contributed by atoms with van der Waals surface area (Å²) in [5.74, 6) is 0. The molecule has 2 fully saturated rings. The number of rotatable bonds is 3. The topological polar surface area (TPSA) is 53.1 Å². The van der Waals surface area contributed by atoms with Crippen LogP contribution < -0.4 is 11.0 Å². The third kappa shape index (κ3) is 2.59. The molecular weight excluding hydrogens is 276 g/mol. The number of imidazole rings is 1. The fourth-order valence-electron chi connectivity index (χ4n) is 4.02. The minimum atomic E-state index is 0.0390. The van der Waals surface area contributed by atoms with Crippen LogP contribution in [0.4, 0.5) is 0 Å². The fourth-order valence-corrected chi connectivity index (χ4v) is 4.02. The first-order valence-electron chi connectivity index (χ1n) is 8.46. The summed E-state index contributed by atoms with van der Waals surface area (Å²) in [7, 11) is 0. The largest absolute Gasteiger partial charge is 0.326 e. The Labute approximate surface area is 130 Å². The Kier molecular flexibility index (Phi) is 3.76. The average Bonchev–Trinajstić information content (AvgIpc) is 3.15. The predicted octanol–water partition coefficient (Wildman–Crippen LogP) is 1.72. The van der Waals surface area contributed by atoms with Crippen molar-refractivity contribution in [3.8, 4) is 0 Å². The molecule has 2 saturated heterocycles. The van der Waals surface area contributed by atoms with Gasteiger partial charge >= 0.3 is 5.69 Å². The molecule has 1 atom stereocenters. The lowest BCUT2D eigenvalue weighted by molar-refractivity contribution is 0.174. The summed E-state index contributed by atoms with van der Waals surface area (Å²) < 4.78 is 1.97. The Hall–Kier alpha value is -1.59. The third-order valence-electron chi connectivity index (χ3n) is 5.19. The van der Waals surface area contributed by atoms with Gasteiger partial charge < -0.3 is 15.2 Å². The Morgan fingerprint density at radius 3 is 2.73 bits per heavy atom. The molecule has 1 aromatic heterocycles. The van der Waals surface area contributed by atoms with Crippen LogP contribution in [0.1, 0.15) is 31.7 Å².